The van der Waals surface area contributed by atoms with Crippen molar-refractivity contribution in [3.05, 3.63) is 23.3 Å². The van der Waals surface area contributed by atoms with Crippen LogP contribution >= 0.6 is 0 Å². The molecule has 4 heteroatoms. The average molecular weight is 277 g/mol. The number of hydrogen-bond acceptors (Lipinski definition) is 4. The van der Waals surface area contributed by atoms with Crippen molar-refractivity contribution in [3.8, 4) is 0 Å². The first-order valence-electron chi connectivity index (χ1n) is 7.44. The van der Waals surface area contributed by atoms with Crippen molar-refractivity contribution in [1.29, 1.82) is 0 Å². The summed E-state index contributed by atoms with van der Waals surface area (Å²) in [6.07, 6.45) is 4.97. The maximum atomic E-state index is 5.63. The van der Waals surface area contributed by atoms with Crippen LogP contribution in [0.3, 0.4) is 0 Å². The van der Waals surface area contributed by atoms with E-state index in [1.807, 2.05) is 13.2 Å². The second kappa shape index (κ2) is 5.41. The van der Waals surface area contributed by atoms with Crippen molar-refractivity contribution in [2.24, 2.45) is 5.41 Å². The van der Waals surface area contributed by atoms with E-state index in [9.17, 15) is 0 Å². The number of rotatable bonds is 4. The van der Waals surface area contributed by atoms with Gasteiger partial charge in [0.1, 0.15) is 5.60 Å². The monoisotopic (exact) mass is 277 g/mol. The third kappa shape index (κ3) is 2.72. The number of fused-ring (bicyclic) bond motifs is 1. The van der Waals surface area contributed by atoms with Gasteiger partial charge in [-0.05, 0) is 38.6 Å². The van der Waals surface area contributed by atoms with Crippen LogP contribution < -0.4 is 5.32 Å². The van der Waals surface area contributed by atoms with E-state index in [-0.39, 0.29) is 5.41 Å². The molecule has 2 unspecified atom stereocenters. The minimum absolute atomic E-state index is 0.266. The predicted octanol–water partition coefficient (Wildman–Crippen LogP) is 2.98. The first-order chi connectivity index (χ1) is 9.35. The molecular weight excluding hydrogens is 250 g/mol. The van der Waals surface area contributed by atoms with Gasteiger partial charge >= 0.3 is 0 Å². The quantitative estimate of drug-likeness (QED) is 0.919. The van der Waals surface area contributed by atoms with Crippen molar-refractivity contribution in [3.63, 3.8) is 0 Å². The Morgan fingerprint density at radius 2 is 2.20 bits per heavy atom. The summed E-state index contributed by atoms with van der Waals surface area (Å²) in [4.78, 5) is 9.42. The Morgan fingerprint density at radius 3 is 2.75 bits per heavy atom. The minimum Gasteiger partial charge on any atom is -0.371 e. The highest BCUT2D eigenvalue weighted by molar-refractivity contribution is 5.27. The molecule has 1 heterocycles. The van der Waals surface area contributed by atoms with Crippen LogP contribution in [0.5, 0.6) is 0 Å². The van der Waals surface area contributed by atoms with E-state index in [1.165, 1.54) is 11.3 Å². The summed E-state index contributed by atoms with van der Waals surface area (Å²) < 4.78 is 5.63. The molecule has 0 aliphatic heterocycles. The molecule has 0 aromatic carbocycles. The third-order valence-corrected chi connectivity index (χ3v) is 4.62. The Morgan fingerprint density at radius 1 is 1.50 bits per heavy atom. The van der Waals surface area contributed by atoms with Gasteiger partial charge in [0.2, 0.25) is 0 Å². The standard InChI is InChI=1S/C16H27N3O/c1-7-16(4,20-6)14-18-10-11-12(17-5)8-15(2,3)9-13(11)19-14/h10,12,17H,7-9H2,1-6H3. The molecule has 0 amide bonds. The Kier molecular flexibility index (Phi) is 4.17. The fourth-order valence-electron chi connectivity index (χ4n) is 2.95. The molecular formula is C16H27N3O. The van der Waals surface area contributed by atoms with Gasteiger partial charge in [-0.25, -0.2) is 9.97 Å². The Balaban J connectivity index is 2.45. The van der Waals surface area contributed by atoms with E-state index >= 15 is 0 Å². The summed E-state index contributed by atoms with van der Waals surface area (Å²) in [7, 11) is 3.74. The topological polar surface area (TPSA) is 47.0 Å². The summed E-state index contributed by atoms with van der Waals surface area (Å²) in [5, 5.41) is 3.39. The van der Waals surface area contributed by atoms with Gasteiger partial charge in [-0.15, -0.1) is 0 Å². The molecule has 2 atom stereocenters. The highest BCUT2D eigenvalue weighted by atomic mass is 16.5. The van der Waals surface area contributed by atoms with Crippen LogP contribution in [0.4, 0.5) is 0 Å². The van der Waals surface area contributed by atoms with Crippen molar-refractivity contribution < 1.29 is 4.74 Å². The van der Waals surface area contributed by atoms with E-state index < -0.39 is 5.60 Å². The maximum absolute atomic E-state index is 5.63. The van der Waals surface area contributed by atoms with Crippen molar-refractivity contribution in [2.75, 3.05) is 14.2 Å². The van der Waals surface area contributed by atoms with Crippen LogP contribution in [0.2, 0.25) is 0 Å². The van der Waals surface area contributed by atoms with E-state index in [0.717, 1.165) is 25.1 Å². The van der Waals surface area contributed by atoms with Crippen molar-refractivity contribution in [1.82, 2.24) is 15.3 Å². The summed E-state index contributed by atoms with van der Waals surface area (Å²) in [6, 6.07) is 0.346. The predicted molar refractivity (Wildman–Crippen MR) is 80.6 cm³/mol. The fraction of sp³-hybridized carbons (Fsp3) is 0.750. The molecule has 1 aliphatic carbocycles. The van der Waals surface area contributed by atoms with Gasteiger partial charge in [0, 0.05) is 30.6 Å². The van der Waals surface area contributed by atoms with Crippen LogP contribution in [-0.4, -0.2) is 24.1 Å². The molecule has 1 aromatic rings. The zero-order chi connectivity index (χ0) is 15.0. The lowest BCUT2D eigenvalue weighted by atomic mass is 9.74. The molecule has 112 valence electrons. The van der Waals surface area contributed by atoms with E-state index in [4.69, 9.17) is 9.72 Å². The van der Waals surface area contributed by atoms with Gasteiger partial charge < -0.3 is 10.1 Å². The first-order valence-corrected chi connectivity index (χ1v) is 7.44. The summed E-state index contributed by atoms with van der Waals surface area (Å²) >= 11 is 0. The summed E-state index contributed by atoms with van der Waals surface area (Å²) in [5.74, 6) is 0.800. The lowest BCUT2D eigenvalue weighted by Crippen LogP contribution is -2.34. The molecule has 0 saturated heterocycles. The van der Waals surface area contributed by atoms with Gasteiger partial charge in [0.15, 0.2) is 5.82 Å². The number of hydrogen-bond donors (Lipinski definition) is 1. The van der Waals surface area contributed by atoms with E-state index in [1.54, 1.807) is 7.11 Å². The molecule has 0 radical (unpaired) electrons. The molecule has 0 fully saturated rings. The lowest BCUT2D eigenvalue weighted by molar-refractivity contribution is -0.00941. The SMILES string of the molecule is CCC(C)(OC)c1ncc2c(n1)CC(C)(C)CC2NC. The first kappa shape index (κ1) is 15.4. The van der Waals surface area contributed by atoms with Crippen molar-refractivity contribution >= 4 is 0 Å². The third-order valence-electron chi connectivity index (χ3n) is 4.62. The molecule has 0 bridgehead atoms. The molecule has 1 aliphatic rings. The normalized spacial score (nSPS) is 24.0. The number of nitrogens with zero attached hydrogens (tertiary/aromatic N) is 2. The van der Waals surface area contributed by atoms with Crippen molar-refractivity contribution in [2.45, 2.75) is 58.6 Å². The Labute approximate surface area is 122 Å². The largest absolute Gasteiger partial charge is 0.371 e. The number of ether oxygens (including phenoxy) is 1. The van der Waals surface area contributed by atoms with Gasteiger partial charge in [-0.1, -0.05) is 20.8 Å². The zero-order valence-corrected chi connectivity index (χ0v) is 13.6. The van der Waals surface area contributed by atoms with E-state index in [0.29, 0.717) is 6.04 Å². The molecule has 2 rings (SSSR count). The van der Waals surface area contributed by atoms with Crippen LogP contribution in [0, 0.1) is 5.41 Å². The van der Waals surface area contributed by atoms with Gasteiger partial charge in [0.05, 0.1) is 0 Å². The van der Waals surface area contributed by atoms with Gasteiger partial charge in [-0.2, -0.15) is 0 Å². The summed E-state index contributed by atoms with van der Waals surface area (Å²) in [6.45, 7) is 8.76. The molecule has 1 aromatic heterocycles. The number of nitrogens with one attached hydrogen (secondary N) is 1. The van der Waals surface area contributed by atoms with E-state index in [2.05, 4.69) is 38.0 Å². The van der Waals surface area contributed by atoms with Crippen LogP contribution in [-0.2, 0) is 16.8 Å². The Hall–Kier alpha value is -1.00. The lowest BCUT2D eigenvalue weighted by Gasteiger charge is -2.37. The highest BCUT2D eigenvalue weighted by Gasteiger charge is 2.35. The minimum atomic E-state index is -0.397. The van der Waals surface area contributed by atoms with Crippen LogP contribution in [0.15, 0.2) is 6.20 Å². The smallest absolute Gasteiger partial charge is 0.160 e. The second-order valence-electron chi connectivity index (χ2n) is 6.77. The Bertz CT molecular complexity index is 481. The average Bonchev–Trinajstić information content (AvgIpc) is 2.43. The summed E-state index contributed by atoms with van der Waals surface area (Å²) in [5.41, 5.74) is 2.28. The van der Waals surface area contributed by atoms with Crippen LogP contribution in [0.1, 0.15) is 63.7 Å². The molecule has 0 saturated carbocycles. The molecule has 20 heavy (non-hydrogen) atoms. The number of methoxy groups -OCH3 is 1. The van der Waals surface area contributed by atoms with Gasteiger partial charge in [-0.3, -0.25) is 0 Å². The molecule has 4 nitrogen and oxygen atoms in total. The van der Waals surface area contributed by atoms with Gasteiger partial charge in [0.25, 0.3) is 0 Å². The van der Waals surface area contributed by atoms with Crippen LogP contribution in [0.25, 0.3) is 0 Å². The molecule has 0 spiro atoms. The second-order valence-corrected chi connectivity index (χ2v) is 6.77. The highest BCUT2D eigenvalue weighted by Crippen LogP contribution is 2.40. The zero-order valence-electron chi connectivity index (χ0n) is 13.6. The fourth-order valence-corrected chi connectivity index (χ4v) is 2.95. The maximum Gasteiger partial charge on any atom is 0.160 e. The number of aromatic nitrogens is 2. The molecule has 1 N–H and O–H groups in total.